The van der Waals surface area contributed by atoms with E-state index in [-0.39, 0.29) is 6.03 Å². The Morgan fingerprint density at radius 3 is 2.28 bits per heavy atom. The van der Waals surface area contributed by atoms with Gasteiger partial charge >= 0.3 is 6.03 Å². The third-order valence-electron chi connectivity index (χ3n) is 5.28. The summed E-state index contributed by atoms with van der Waals surface area (Å²) < 4.78 is 21.3. The maximum atomic E-state index is 12.9. The molecule has 0 fully saturated rings. The third-order valence-corrected chi connectivity index (χ3v) is 6.42. The first-order chi connectivity index (χ1) is 15.6. The highest BCUT2D eigenvalue weighted by atomic mass is 32.1. The van der Waals surface area contributed by atoms with E-state index in [0.717, 1.165) is 21.1 Å². The normalized spacial score (nSPS) is 12.7. The van der Waals surface area contributed by atoms with Gasteiger partial charge in [-0.15, -0.1) is 11.3 Å². The summed E-state index contributed by atoms with van der Waals surface area (Å²) in [7, 11) is 6.37. The fourth-order valence-corrected chi connectivity index (χ4v) is 4.70. The highest BCUT2D eigenvalue weighted by Gasteiger charge is 2.25. The molecule has 1 aromatic heterocycles. The highest BCUT2D eigenvalue weighted by Crippen LogP contribution is 2.36. The number of carbonyl (C=O) groups excluding carboxylic acids is 1. The Hall–Kier alpha value is -3.46. The molecule has 0 saturated heterocycles. The predicted molar refractivity (Wildman–Crippen MR) is 123 cm³/mol. The van der Waals surface area contributed by atoms with Gasteiger partial charge in [-0.1, -0.05) is 0 Å². The van der Waals surface area contributed by atoms with E-state index in [1.165, 1.54) is 0 Å². The number of fused-ring (bicyclic) bond motifs is 1. The standard InChI is InChI=1S/C23H25N3O5S/c1-28-17-7-5-14(11-19(17)30-3)22-25-16-9-10-26(13-21(16)32-22)23(27)24-15-6-8-18(29-2)20(12-15)31-4/h5-8,11-12H,9-10,13H2,1-4H3,(H,24,27). The summed E-state index contributed by atoms with van der Waals surface area (Å²) in [6.45, 7) is 1.11. The topological polar surface area (TPSA) is 82.2 Å². The minimum Gasteiger partial charge on any atom is -0.493 e. The van der Waals surface area contributed by atoms with Crippen molar-refractivity contribution < 1.29 is 23.7 Å². The number of nitrogens with one attached hydrogen (secondary N) is 1. The molecule has 2 aromatic carbocycles. The number of hydrogen-bond donors (Lipinski definition) is 1. The molecule has 0 unspecified atom stereocenters. The van der Waals surface area contributed by atoms with Crippen molar-refractivity contribution in [1.29, 1.82) is 0 Å². The van der Waals surface area contributed by atoms with Crippen LogP contribution < -0.4 is 24.3 Å². The van der Waals surface area contributed by atoms with Crippen LogP contribution in [0, 0.1) is 0 Å². The van der Waals surface area contributed by atoms with E-state index >= 15 is 0 Å². The van der Waals surface area contributed by atoms with Gasteiger partial charge in [-0.2, -0.15) is 0 Å². The van der Waals surface area contributed by atoms with E-state index in [4.69, 9.17) is 23.9 Å². The summed E-state index contributed by atoms with van der Waals surface area (Å²) >= 11 is 1.59. The quantitative estimate of drug-likeness (QED) is 0.592. The second-order valence-electron chi connectivity index (χ2n) is 7.13. The van der Waals surface area contributed by atoms with Crippen molar-refractivity contribution >= 4 is 23.1 Å². The van der Waals surface area contributed by atoms with Crippen LogP contribution in [0.25, 0.3) is 10.6 Å². The molecule has 4 rings (SSSR count). The maximum Gasteiger partial charge on any atom is 0.322 e. The largest absolute Gasteiger partial charge is 0.493 e. The molecule has 1 aliphatic rings. The van der Waals surface area contributed by atoms with Crippen LogP contribution in [-0.2, 0) is 13.0 Å². The molecule has 9 heteroatoms. The molecule has 3 aromatic rings. The molecule has 2 heterocycles. The summed E-state index contributed by atoms with van der Waals surface area (Å²) in [5, 5.41) is 3.84. The lowest BCUT2D eigenvalue weighted by molar-refractivity contribution is 0.207. The molecule has 0 spiro atoms. The maximum absolute atomic E-state index is 12.9. The van der Waals surface area contributed by atoms with Gasteiger partial charge in [0.05, 0.1) is 40.7 Å². The molecule has 1 N–H and O–H groups in total. The molecule has 32 heavy (non-hydrogen) atoms. The number of methoxy groups -OCH3 is 4. The van der Waals surface area contributed by atoms with Gasteiger partial charge in [-0.3, -0.25) is 0 Å². The van der Waals surface area contributed by atoms with Gasteiger partial charge in [0.2, 0.25) is 0 Å². The van der Waals surface area contributed by atoms with Gasteiger partial charge in [0, 0.05) is 35.2 Å². The number of urea groups is 1. The van der Waals surface area contributed by atoms with Gasteiger partial charge in [-0.25, -0.2) is 9.78 Å². The molecule has 8 nitrogen and oxygen atoms in total. The minimum absolute atomic E-state index is 0.163. The van der Waals surface area contributed by atoms with Crippen molar-refractivity contribution in [3.8, 4) is 33.6 Å². The average molecular weight is 456 g/mol. The molecule has 0 atom stereocenters. The van der Waals surface area contributed by atoms with E-state index in [2.05, 4.69) is 5.32 Å². The lowest BCUT2D eigenvalue weighted by Crippen LogP contribution is -2.38. The first-order valence-corrected chi connectivity index (χ1v) is 10.9. The zero-order chi connectivity index (χ0) is 22.7. The Morgan fingerprint density at radius 1 is 0.938 bits per heavy atom. The first kappa shape index (κ1) is 21.8. The second-order valence-corrected chi connectivity index (χ2v) is 8.21. The van der Waals surface area contributed by atoms with Crippen LogP contribution in [0.2, 0.25) is 0 Å². The number of aromatic nitrogens is 1. The van der Waals surface area contributed by atoms with E-state index in [9.17, 15) is 4.79 Å². The van der Waals surface area contributed by atoms with Gasteiger partial charge in [-0.05, 0) is 30.3 Å². The Kier molecular flexibility index (Phi) is 6.36. The summed E-state index contributed by atoms with van der Waals surface area (Å²) in [6, 6.07) is 10.9. The fraction of sp³-hybridized carbons (Fsp3) is 0.304. The van der Waals surface area contributed by atoms with Gasteiger partial charge in [0.25, 0.3) is 0 Å². The van der Waals surface area contributed by atoms with Crippen LogP contribution in [-0.4, -0.2) is 50.9 Å². The molecule has 168 valence electrons. The van der Waals surface area contributed by atoms with Crippen LogP contribution in [0.15, 0.2) is 36.4 Å². The molecule has 1 aliphatic heterocycles. The summed E-state index contributed by atoms with van der Waals surface area (Å²) in [4.78, 5) is 20.5. The Morgan fingerprint density at radius 2 is 1.59 bits per heavy atom. The van der Waals surface area contributed by atoms with E-state index < -0.39 is 0 Å². The van der Waals surface area contributed by atoms with Gasteiger partial charge < -0.3 is 29.2 Å². The number of ether oxygens (including phenoxy) is 4. The monoisotopic (exact) mass is 455 g/mol. The van der Waals surface area contributed by atoms with Crippen LogP contribution in [0.5, 0.6) is 23.0 Å². The molecular formula is C23H25N3O5S. The van der Waals surface area contributed by atoms with Gasteiger partial charge in [0.15, 0.2) is 23.0 Å². The van der Waals surface area contributed by atoms with E-state index in [1.807, 2.05) is 18.2 Å². The molecule has 2 amide bonds. The molecular weight excluding hydrogens is 430 g/mol. The number of amides is 2. The zero-order valence-electron chi connectivity index (χ0n) is 18.4. The predicted octanol–water partition coefficient (Wildman–Crippen LogP) is 4.43. The van der Waals surface area contributed by atoms with Crippen LogP contribution in [0.1, 0.15) is 10.6 Å². The Balaban J connectivity index is 1.48. The first-order valence-electron chi connectivity index (χ1n) is 10.0. The number of nitrogens with zero attached hydrogens (tertiary/aromatic N) is 2. The number of benzene rings is 2. The van der Waals surface area contributed by atoms with Crippen LogP contribution in [0.4, 0.5) is 10.5 Å². The van der Waals surface area contributed by atoms with E-state index in [1.54, 1.807) is 62.9 Å². The SMILES string of the molecule is COc1ccc(NC(=O)N2CCc3nc(-c4ccc(OC)c(OC)c4)sc3C2)cc1OC. The Labute approximate surface area is 190 Å². The molecule has 0 radical (unpaired) electrons. The van der Waals surface area contributed by atoms with Crippen molar-refractivity contribution in [2.75, 3.05) is 40.3 Å². The van der Waals surface area contributed by atoms with Crippen molar-refractivity contribution in [1.82, 2.24) is 9.88 Å². The minimum atomic E-state index is -0.163. The van der Waals surface area contributed by atoms with Crippen LogP contribution in [0.3, 0.4) is 0 Å². The lowest BCUT2D eigenvalue weighted by Gasteiger charge is -2.26. The zero-order valence-corrected chi connectivity index (χ0v) is 19.2. The van der Waals surface area contributed by atoms with Crippen molar-refractivity contribution in [2.45, 2.75) is 13.0 Å². The summed E-state index contributed by atoms with van der Waals surface area (Å²) in [6.07, 6.45) is 0.707. The number of rotatable bonds is 6. The van der Waals surface area contributed by atoms with Crippen molar-refractivity contribution in [2.24, 2.45) is 0 Å². The number of hydrogen-bond acceptors (Lipinski definition) is 7. The highest BCUT2D eigenvalue weighted by molar-refractivity contribution is 7.15. The molecule has 0 aliphatic carbocycles. The third kappa shape index (κ3) is 4.29. The summed E-state index contributed by atoms with van der Waals surface area (Å²) in [5.74, 6) is 2.51. The second kappa shape index (κ2) is 9.35. The van der Waals surface area contributed by atoms with Crippen molar-refractivity contribution in [3.05, 3.63) is 47.0 Å². The fourth-order valence-electron chi connectivity index (χ4n) is 3.58. The summed E-state index contributed by atoms with van der Waals surface area (Å²) in [5.41, 5.74) is 2.65. The smallest absolute Gasteiger partial charge is 0.322 e. The van der Waals surface area contributed by atoms with Gasteiger partial charge in [0.1, 0.15) is 5.01 Å². The average Bonchev–Trinajstić information content (AvgIpc) is 3.26. The number of carbonyl (C=O) groups is 1. The number of thiazole rings is 1. The van der Waals surface area contributed by atoms with Crippen LogP contribution >= 0.6 is 11.3 Å². The molecule has 0 saturated carbocycles. The van der Waals surface area contributed by atoms with E-state index in [0.29, 0.717) is 48.2 Å². The molecule has 0 bridgehead atoms. The Bertz CT molecular complexity index is 1130. The number of anilines is 1. The lowest BCUT2D eigenvalue weighted by atomic mass is 10.1. The van der Waals surface area contributed by atoms with Crippen molar-refractivity contribution in [3.63, 3.8) is 0 Å².